The second kappa shape index (κ2) is 15.0. The minimum Gasteiger partial charge on any atom is -0.504 e. The number of phenolic OH excluding ortho intramolecular Hbond substituents is 1. The van der Waals surface area contributed by atoms with E-state index in [9.17, 15) is 27.9 Å². The quantitative estimate of drug-likeness (QED) is 0.172. The van der Waals surface area contributed by atoms with Crippen LogP contribution in [0.3, 0.4) is 0 Å². The van der Waals surface area contributed by atoms with Gasteiger partial charge in [-0.05, 0) is 100 Å². The standard InChI is InChI=1S/C39H48F3N5O7/c1-38(2,3)54-37(50)43-20-21-10-14-47(15-11-21)27-9-8-23(17-25(27)39(40,41)42)44-36(49)45-26-19-29(51-5)34(48)32-24(26)18-28-31-22(12-13-46(28)4)16-30(52-6)35(53-7)33(31)32/h8-9,16-17,19,21,28,48H,10-15,18,20H2,1-7H3,(H,43,50)(H2,44,45,49)/t28-/m0/s1. The van der Waals surface area contributed by atoms with Crippen LogP contribution >= 0.6 is 0 Å². The average Bonchev–Trinajstić information content (AvgIpc) is 3.11. The van der Waals surface area contributed by atoms with Gasteiger partial charge < -0.3 is 44.9 Å². The Bertz CT molecular complexity index is 1920. The molecular formula is C39H48F3N5O7. The van der Waals surface area contributed by atoms with Crippen LogP contribution in [-0.4, -0.2) is 82.3 Å². The number of aromatic hydroxyl groups is 1. The van der Waals surface area contributed by atoms with E-state index in [0.717, 1.165) is 30.2 Å². The zero-order valence-electron chi connectivity index (χ0n) is 31.6. The maximum atomic E-state index is 14.5. The number of urea groups is 1. The fraction of sp³-hybridized carbons (Fsp3) is 0.487. The fourth-order valence-corrected chi connectivity index (χ4v) is 7.78. The Morgan fingerprint density at radius 1 is 0.926 bits per heavy atom. The molecule has 54 heavy (non-hydrogen) atoms. The van der Waals surface area contributed by atoms with Gasteiger partial charge in [0.15, 0.2) is 23.0 Å². The highest BCUT2D eigenvalue weighted by Crippen LogP contribution is 2.57. The molecule has 0 bridgehead atoms. The third kappa shape index (κ3) is 7.77. The van der Waals surface area contributed by atoms with Crippen LogP contribution in [-0.2, 0) is 23.8 Å². The number of halogens is 3. The largest absolute Gasteiger partial charge is 0.504 e. The Morgan fingerprint density at radius 2 is 1.63 bits per heavy atom. The van der Waals surface area contributed by atoms with Crippen molar-refractivity contribution in [2.24, 2.45) is 5.92 Å². The summed E-state index contributed by atoms with van der Waals surface area (Å²) in [6.45, 7) is 7.18. The minimum absolute atomic E-state index is 0.0170. The van der Waals surface area contributed by atoms with E-state index in [-0.39, 0.29) is 34.8 Å². The van der Waals surface area contributed by atoms with Crippen LogP contribution in [0.15, 0.2) is 30.3 Å². The highest BCUT2D eigenvalue weighted by atomic mass is 19.4. The Labute approximate surface area is 312 Å². The number of carbonyl (C=O) groups is 2. The van der Waals surface area contributed by atoms with Gasteiger partial charge in [-0.15, -0.1) is 0 Å². The van der Waals surface area contributed by atoms with E-state index < -0.39 is 29.5 Å². The molecule has 0 unspecified atom stereocenters. The van der Waals surface area contributed by atoms with Crippen molar-refractivity contribution in [1.82, 2.24) is 10.2 Å². The molecule has 15 heteroatoms. The van der Waals surface area contributed by atoms with Gasteiger partial charge in [0, 0.05) is 60.8 Å². The first-order chi connectivity index (χ1) is 25.5. The lowest BCUT2D eigenvalue weighted by molar-refractivity contribution is -0.137. The predicted molar refractivity (Wildman–Crippen MR) is 199 cm³/mol. The molecule has 3 aromatic carbocycles. The van der Waals surface area contributed by atoms with Gasteiger partial charge in [-0.2, -0.15) is 13.2 Å². The number of ether oxygens (including phenoxy) is 4. The first-order valence-electron chi connectivity index (χ1n) is 17.9. The number of anilines is 3. The number of rotatable bonds is 8. The molecule has 1 atom stereocenters. The van der Waals surface area contributed by atoms with Gasteiger partial charge in [0.2, 0.25) is 0 Å². The number of hydrogen-bond acceptors (Lipinski definition) is 9. The van der Waals surface area contributed by atoms with Crippen LogP contribution in [0.1, 0.15) is 61.9 Å². The third-order valence-electron chi connectivity index (χ3n) is 10.3. The molecule has 3 aromatic rings. The fourth-order valence-electron chi connectivity index (χ4n) is 7.78. The van der Waals surface area contributed by atoms with Gasteiger partial charge in [-0.25, -0.2) is 9.59 Å². The van der Waals surface area contributed by atoms with Crippen molar-refractivity contribution < 1.29 is 46.8 Å². The Balaban J connectivity index is 1.24. The normalized spacial score (nSPS) is 17.2. The number of hydrogen-bond donors (Lipinski definition) is 4. The molecule has 6 rings (SSSR count). The lowest BCUT2D eigenvalue weighted by atomic mass is 9.75. The number of nitrogens with one attached hydrogen (secondary N) is 3. The van der Waals surface area contributed by atoms with E-state index in [1.54, 1.807) is 32.8 Å². The molecule has 0 saturated carbocycles. The Morgan fingerprint density at radius 3 is 2.26 bits per heavy atom. The SMILES string of the molecule is COc1cc(NC(=O)Nc2ccc(N3CCC(CNC(=O)OC(C)(C)C)CC3)c(C(F)(F)F)c2)c2c(c1O)-c1c(OC)c(OC)cc3c1[C@H](C2)N(C)CC3. The molecule has 1 saturated heterocycles. The Hall–Kier alpha value is -5.05. The molecule has 0 radical (unpaired) electrons. The molecule has 4 N–H and O–H groups in total. The van der Waals surface area contributed by atoms with Gasteiger partial charge in [0.1, 0.15) is 5.60 Å². The van der Waals surface area contributed by atoms with Gasteiger partial charge >= 0.3 is 18.3 Å². The lowest BCUT2D eigenvalue weighted by Gasteiger charge is -2.41. The molecule has 292 valence electrons. The van der Waals surface area contributed by atoms with Crippen molar-refractivity contribution in [2.75, 3.05) is 70.1 Å². The minimum atomic E-state index is -4.69. The molecule has 12 nitrogen and oxygen atoms in total. The number of benzene rings is 3. The van der Waals surface area contributed by atoms with Gasteiger partial charge in [0.25, 0.3) is 0 Å². The van der Waals surface area contributed by atoms with Crippen LogP contribution in [0.5, 0.6) is 23.0 Å². The maximum absolute atomic E-state index is 14.5. The van der Waals surface area contributed by atoms with Crippen molar-refractivity contribution >= 4 is 29.2 Å². The highest BCUT2D eigenvalue weighted by molar-refractivity contribution is 6.03. The van der Waals surface area contributed by atoms with E-state index in [4.69, 9.17) is 18.9 Å². The molecule has 3 amide bonds. The third-order valence-corrected chi connectivity index (χ3v) is 10.3. The summed E-state index contributed by atoms with van der Waals surface area (Å²) in [4.78, 5) is 29.5. The van der Waals surface area contributed by atoms with Gasteiger partial charge in [-0.3, -0.25) is 4.90 Å². The number of phenols is 1. The van der Waals surface area contributed by atoms with E-state index in [1.165, 1.54) is 32.4 Å². The summed E-state index contributed by atoms with van der Waals surface area (Å²) in [5, 5.41) is 19.7. The zero-order chi connectivity index (χ0) is 39.1. The summed E-state index contributed by atoms with van der Waals surface area (Å²) in [5.74, 6) is 0.985. The molecule has 0 spiro atoms. The zero-order valence-corrected chi connectivity index (χ0v) is 31.6. The van der Waals surface area contributed by atoms with E-state index in [1.807, 2.05) is 13.1 Å². The monoisotopic (exact) mass is 755 g/mol. The molecule has 2 aliphatic heterocycles. The number of alkyl halides is 3. The number of piperidine rings is 1. The number of amides is 3. The summed E-state index contributed by atoms with van der Waals surface area (Å²) in [6, 6.07) is 6.33. The second-order valence-electron chi connectivity index (χ2n) is 15.0. The van der Waals surface area contributed by atoms with Crippen LogP contribution in [0.4, 0.5) is 39.8 Å². The van der Waals surface area contributed by atoms with E-state index in [0.29, 0.717) is 72.8 Å². The van der Waals surface area contributed by atoms with Gasteiger partial charge in [-0.1, -0.05) is 0 Å². The molecule has 2 heterocycles. The molecule has 1 fully saturated rings. The number of alkyl carbamates (subject to hydrolysis) is 1. The number of methoxy groups -OCH3 is 3. The van der Waals surface area contributed by atoms with Crippen molar-refractivity contribution in [2.45, 2.75) is 64.3 Å². The van der Waals surface area contributed by atoms with Crippen molar-refractivity contribution in [3.05, 3.63) is 52.6 Å². The number of carbonyl (C=O) groups excluding carboxylic acids is 2. The summed E-state index contributed by atoms with van der Waals surface area (Å²) >= 11 is 0. The maximum Gasteiger partial charge on any atom is 0.418 e. The predicted octanol–water partition coefficient (Wildman–Crippen LogP) is 7.57. The lowest BCUT2D eigenvalue weighted by Crippen LogP contribution is -2.40. The van der Waals surface area contributed by atoms with E-state index in [2.05, 4.69) is 20.9 Å². The number of likely N-dealkylation sites (N-methyl/N-ethyl adjacent to an activating group) is 1. The summed E-state index contributed by atoms with van der Waals surface area (Å²) in [7, 11) is 6.47. The van der Waals surface area contributed by atoms with E-state index >= 15 is 0 Å². The van der Waals surface area contributed by atoms with Crippen LogP contribution in [0.2, 0.25) is 0 Å². The summed E-state index contributed by atoms with van der Waals surface area (Å²) in [6.07, 6.45) is -2.88. The summed E-state index contributed by atoms with van der Waals surface area (Å²) < 4.78 is 65.8. The van der Waals surface area contributed by atoms with Crippen LogP contribution in [0, 0.1) is 5.92 Å². The topological polar surface area (TPSA) is 134 Å². The van der Waals surface area contributed by atoms with Crippen molar-refractivity contribution in [3.8, 4) is 34.1 Å². The van der Waals surface area contributed by atoms with Gasteiger partial charge in [0.05, 0.1) is 32.6 Å². The van der Waals surface area contributed by atoms with Crippen LogP contribution in [0.25, 0.3) is 11.1 Å². The first-order valence-corrected chi connectivity index (χ1v) is 17.9. The summed E-state index contributed by atoms with van der Waals surface area (Å²) in [5.41, 5.74) is 2.53. The van der Waals surface area contributed by atoms with Crippen molar-refractivity contribution in [3.63, 3.8) is 0 Å². The highest BCUT2D eigenvalue weighted by Gasteiger charge is 2.40. The molecule has 0 aromatic heterocycles. The molecular weight excluding hydrogens is 707 g/mol. The molecule has 1 aliphatic carbocycles. The number of fused-ring (bicyclic) bond motifs is 2. The van der Waals surface area contributed by atoms with Crippen LogP contribution < -0.4 is 35.1 Å². The first kappa shape index (κ1) is 38.7. The average molecular weight is 756 g/mol. The van der Waals surface area contributed by atoms with Crippen molar-refractivity contribution in [1.29, 1.82) is 0 Å². The Kier molecular flexibility index (Phi) is 10.7. The number of nitrogens with zero attached hydrogens (tertiary/aromatic N) is 2. The smallest absolute Gasteiger partial charge is 0.418 e. The molecule has 3 aliphatic rings. The second-order valence-corrected chi connectivity index (χ2v) is 15.0.